The van der Waals surface area contributed by atoms with E-state index in [2.05, 4.69) is 0 Å². The van der Waals surface area contributed by atoms with E-state index < -0.39 is 21.5 Å². The number of esters is 1. The summed E-state index contributed by atoms with van der Waals surface area (Å²) in [6.07, 6.45) is 3.01. The SMILES string of the molecule is COc1cc(C=Cc2ccc([N+](=O)[O-])cc2[N+](=O)[O-])ccc1OC(=O)COc1ccc(Cl)c(C)c1. The average molecular weight is 499 g/mol. The number of nitrogens with zero attached hydrogens (tertiary/aromatic N) is 2. The number of benzene rings is 3. The molecule has 0 saturated heterocycles. The normalized spacial score (nSPS) is 10.7. The van der Waals surface area contributed by atoms with E-state index in [1.165, 1.54) is 31.4 Å². The Morgan fingerprint density at radius 1 is 0.971 bits per heavy atom. The highest BCUT2D eigenvalue weighted by molar-refractivity contribution is 6.31. The van der Waals surface area contributed by atoms with Crippen molar-refractivity contribution in [1.82, 2.24) is 0 Å². The van der Waals surface area contributed by atoms with Crippen LogP contribution >= 0.6 is 11.6 Å². The number of halogens is 1. The van der Waals surface area contributed by atoms with Crippen LogP contribution in [0.1, 0.15) is 16.7 Å². The van der Waals surface area contributed by atoms with Crippen molar-refractivity contribution in [1.29, 1.82) is 0 Å². The highest BCUT2D eigenvalue weighted by atomic mass is 35.5. The molecule has 3 aromatic carbocycles. The first-order valence-corrected chi connectivity index (χ1v) is 10.4. The zero-order chi connectivity index (χ0) is 25.5. The van der Waals surface area contributed by atoms with Crippen LogP contribution in [-0.2, 0) is 4.79 Å². The Balaban J connectivity index is 1.71. The van der Waals surface area contributed by atoms with Gasteiger partial charge < -0.3 is 14.2 Å². The first-order chi connectivity index (χ1) is 16.7. The fourth-order valence-electron chi connectivity index (χ4n) is 3.00. The third-order valence-electron chi connectivity index (χ3n) is 4.77. The van der Waals surface area contributed by atoms with Crippen molar-refractivity contribution in [3.63, 3.8) is 0 Å². The molecular weight excluding hydrogens is 480 g/mol. The summed E-state index contributed by atoms with van der Waals surface area (Å²) in [6, 6.07) is 13.1. The molecule has 0 aliphatic carbocycles. The molecule has 0 saturated carbocycles. The highest BCUT2D eigenvalue weighted by Crippen LogP contribution is 2.30. The second kappa shape index (κ2) is 11.1. The Kier molecular flexibility index (Phi) is 8.00. The summed E-state index contributed by atoms with van der Waals surface area (Å²) in [6.45, 7) is 1.48. The van der Waals surface area contributed by atoms with E-state index in [0.717, 1.165) is 11.6 Å². The van der Waals surface area contributed by atoms with Crippen LogP contribution in [-0.4, -0.2) is 29.5 Å². The Hall–Kier alpha value is -4.44. The second-order valence-electron chi connectivity index (χ2n) is 7.17. The molecule has 0 unspecified atom stereocenters. The zero-order valence-corrected chi connectivity index (χ0v) is 19.4. The molecule has 180 valence electrons. The van der Waals surface area contributed by atoms with Crippen molar-refractivity contribution in [2.75, 3.05) is 13.7 Å². The summed E-state index contributed by atoms with van der Waals surface area (Å²) in [5.74, 6) is 0.227. The number of ether oxygens (including phenoxy) is 3. The molecule has 3 aromatic rings. The van der Waals surface area contributed by atoms with Crippen LogP contribution in [0.3, 0.4) is 0 Å². The molecule has 0 fully saturated rings. The van der Waals surface area contributed by atoms with Gasteiger partial charge in [0.1, 0.15) is 5.75 Å². The number of carbonyl (C=O) groups is 1. The number of nitro benzene ring substituents is 2. The predicted octanol–water partition coefficient (Wildman–Crippen LogP) is 5.63. The number of aryl methyl sites for hydroxylation is 1. The molecule has 0 atom stereocenters. The summed E-state index contributed by atoms with van der Waals surface area (Å²) < 4.78 is 16.0. The number of non-ortho nitro benzene ring substituents is 1. The van der Waals surface area contributed by atoms with E-state index in [1.54, 1.807) is 36.4 Å². The van der Waals surface area contributed by atoms with Crippen LogP contribution in [0, 0.1) is 27.2 Å². The quantitative estimate of drug-likeness (QED) is 0.122. The monoisotopic (exact) mass is 498 g/mol. The molecule has 10 nitrogen and oxygen atoms in total. The van der Waals surface area contributed by atoms with Crippen molar-refractivity contribution < 1.29 is 28.9 Å². The Morgan fingerprint density at radius 2 is 1.74 bits per heavy atom. The predicted molar refractivity (Wildman–Crippen MR) is 129 cm³/mol. The third-order valence-corrected chi connectivity index (χ3v) is 5.20. The average Bonchev–Trinajstić information content (AvgIpc) is 2.83. The maximum atomic E-state index is 12.2. The van der Waals surface area contributed by atoms with E-state index in [9.17, 15) is 25.0 Å². The largest absolute Gasteiger partial charge is 0.493 e. The standard InChI is InChI=1S/C24H19ClN2O8/c1-15-11-19(8-9-20(15)25)34-14-24(28)35-22-10-4-16(12-23(22)33-2)3-5-17-6-7-18(26(29)30)13-21(17)27(31)32/h3-13H,14H2,1-2H3. The summed E-state index contributed by atoms with van der Waals surface area (Å²) in [5.41, 5.74) is 0.800. The van der Waals surface area contributed by atoms with Gasteiger partial charge in [-0.1, -0.05) is 23.7 Å². The van der Waals surface area contributed by atoms with Gasteiger partial charge in [-0.15, -0.1) is 0 Å². The van der Waals surface area contributed by atoms with Crippen molar-refractivity contribution in [2.45, 2.75) is 6.92 Å². The third kappa shape index (κ3) is 6.55. The van der Waals surface area contributed by atoms with Crippen LogP contribution in [0.5, 0.6) is 17.2 Å². The number of carbonyl (C=O) groups excluding carboxylic acids is 1. The number of rotatable bonds is 9. The van der Waals surface area contributed by atoms with Crippen LogP contribution < -0.4 is 14.2 Å². The topological polar surface area (TPSA) is 131 Å². The molecule has 0 aliphatic heterocycles. The van der Waals surface area contributed by atoms with Crippen LogP contribution in [0.2, 0.25) is 5.02 Å². The number of methoxy groups -OCH3 is 1. The lowest BCUT2D eigenvalue weighted by molar-refractivity contribution is -0.394. The van der Waals surface area contributed by atoms with Gasteiger partial charge in [-0.3, -0.25) is 20.2 Å². The molecule has 3 rings (SSSR count). The van der Waals surface area contributed by atoms with Gasteiger partial charge in [0.05, 0.1) is 28.6 Å². The van der Waals surface area contributed by atoms with E-state index >= 15 is 0 Å². The van der Waals surface area contributed by atoms with Crippen LogP contribution in [0.4, 0.5) is 11.4 Å². The number of nitro groups is 2. The molecule has 0 N–H and O–H groups in total. The zero-order valence-electron chi connectivity index (χ0n) is 18.6. The molecule has 35 heavy (non-hydrogen) atoms. The van der Waals surface area contributed by atoms with Gasteiger partial charge in [-0.05, 0) is 60.5 Å². The van der Waals surface area contributed by atoms with Crippen molar-refractivity contribution in [3.8, 4) is 17.2 Å². The summed E-state index contributed by atoms with van der Waals surface area (Å²) in [4.78, 5) is 33.0. The Morgan fingerprint density at radius 3 is 2.40 bits per heavy atom. The molecule has 0 amide bonds. The van der Waals surface area contributed by atoms with Gasteiger partial charge in [-0.25, -0.2) is 4.79 Å². The van der Waals surface area contributed by atoms with Crippen molar-refractivity contribution in [2.24, 2.45) is 0 Å². The minimum atomic E-state index is -0.701. The fraction of sp³-hybridized carbons (Fsp3) is 0.125. The number of hydrogen-bond donors (Lipinski definition) is 0. The lowest BCUT2D eigenvalue weighted by Gasteiger charge is -2.11. The number of hydrogen-bond acceptors (Lipinski definition) is 8. The van der Waals surface area contributed by atoms with Gasteiger partial charge in [0.15, 0.2) is 18.1 Å². The van der Waals surface area contributed by atoms with E-state index in [-0.39, 0.29) is 29.4 Å². The first-order valence-electron chi connectivity index (χ1n) is 10.1. The van der Waals surface area contributed by atoms with Crippen LogP contribution in [0.25, 0.3) is 12.2 Å². The molecule has 0 spiro atoms. The van der Waals surface area contributed by atoms with Gasteiger partial charge >= 0.3 is 5.97 Å². The van der Waals surface area contributed by atoms with E-state index in [0.29, 0.717) is 16.3 Å². The van der Waals surface area contributed by atoms with Gasteiger partial charge in [-0.2, -0.15) is 0 Å². The Labute approximate surface area is 204 Å². The molecule has 0 aliphatic rings. The smallest absolute Gasteiger partial charge is 0.349 e. The fourth-order valence-corrected chi connectivity index (χ4v) is 3.12. The molecule has 0 heterocycles. The lowest BCUT2D eigenvalue weighted by atomic mass is 10.1. The van der Waals surface area contributed by atoms with E-state index in [4.69, 9.17) is 25.8 Å². The van der Waals surface area contributed by atoms with Gasteiger partial charge in [0.25, 0.3) is 11.4 Å². The first kappa shape index (κ1) is 25.2. The van der Waals surface area contributed by atoms with Gasteiger partial charge in [0.2, 0.25) is 0 Å². The van der Waals surface area contributed by atoms with Gasteiger partial charge in [0, 0.05) is 11.1 Å². The maximum Gasteiger partial charge on any atom is 0.349 e. The second-order valence-corrected chi connectivity index (χ2v) is 7.58. The Bertz CT molecular complexity index is 1320. The van der Waals surface area contributed by atoms with E-state index in [1.807, 2.05) is 6.92 Å². The van der Waals surface area contributed by atoms with Crippen molar-refractivity contribution in [3.05, 3.63) is 96.5 Å². The summed E-state index contributed by atoms with van der Waals surface area (Å²) in [5, 5.41) is 22.8. The summed E-state index contributed by atoms with van der Waals surface area (Å²) >= 11 is 5.97. The highest BCUT2D eigenvalue weighted by Gasteiger charge is 2.18. The molecular formula is C24H19ClN2O8. The lowest BCUT2D eigenvalue weighted by Crippen LogP contribution is -2.18. The summed E-state index contributed by atoms with van der Waals surface area (Å²) in [7, 11) is 1.40. The maximum absolute atomic E-state index is 12.2. The molecule has 0 aromatic heterocycles. The molecule has 0 bridgehead atoms. The minimum absolute atomic E-state index is 0.159. The molecule has 11 heteroatoms. The van der Waals surface area contributed by atoms with Crippen molar-refractivity contribution >= 4 is 41.1 Å². The van der Waals surface area contributed by atoms with Crippen LogP contribution in [0.15, 0.2) is 54.6 Å². The minimum Gasteiger partial charge on any atom is -0.493 e. The molecule has 0 radical (unpaired) electrons.